The zero-order valence-electron chi connectivity index (χ0n) is 14.3. The molecule has 1 aliphatic heterocycles. The number of benzene rings is 2. The van der Waals surface area contributed by atoms with E-state index in [0.29, 0.717) is 5.92 Å². The highest BCUT2D eigenvalue weighted by atomic mass is 16.5. The molecule has 1 aliphatic rings. The molecular weight excluding hydrogens is 282 g/mol. The monoisotopic (exact) mass is 310 g/mol. The molecular formula is C21H28NO+. The highest BCUT2D eigenvalue weighted by molar-refractivity contribution is 5.29. The molecule has 0 radical (unpaired) electrons. The SMILES string of the molecule is C[N+]1(C)CCCC(COC(c2ccccc2)c2ccccc2)C1. The number of quaternary nitrogens is 1. The summed E-state index contributed by atoms with van der Waals surface area (Å²) in [5, 5.41) is 0. The van der Waals surface area contributed by atoms with Crippen LogP contribution >= 0.6 is 0 Å². The molecule has 0 saturated carbocycles. The first-order valence-electron chi connectivity index (χ1n) is 8.67. The Bertz CT molecular complexity index is 554. The third-order valence-corrected chi connectivity index (χ3v) is 4.83. The summed E-state index contributed by atoms with van der Waals surface area (Å²) in [4.78, 5) is 0. The Balaban J connectivity index is 1.72. The van der Waals surface area contributed by atoms with E-state index in [1.54, 1.807) is 0 Å². The van der Waals surface area contributed by atoms with Crippen LogP contribution in [0.3, 0.4) is 0 Å². The third-order valence-electron chi connectivity index (χ3n) is 4.83. The molecule has 0 N–H and O–H groups in total. The minimum atomic E-state index is 0.0370. The third kappa shape index (κ3) is 4.43. The molecule has 1 atom stereocenters. The number of likely N-dealkylation sites (tertiary alicyclic amines) is 1. The van der Waals surface area contributed by atoms with Gasteiger partial charge >= 0.3 is 0 Å². The molecule has 0 spiro atoms. The van der Waals surface area contributed by atoms with Gasteiger partial charge in [0, 0.05) is 5.92 Å². The molecule has 2 aromatic rings. The van der Waals surface area contributed by atoms with Gasteiger partial charge in [-0.05, 0) is 24.0 Å². The Morgan fingerprint density at radius 2 is 1.52 bits per heavy atom. The molecule has 0 aromatic heterocycles. The molecule has 122 valence electrons. The van der Waals surface area contributed by atoms with Crippen molar-refractivity contribution in [2.45, 2.75) is 18.9 Å². The van der Waals surface area contributed by atoms with Gasteiger partial charge in [-0.2, -0.15) is 0 Å². The van der Waals surface area contributed by atoms with Gasteiger partial charge in [0.1, 0.15) is 6.10 Å². The Morgan fingerprint density at radius 1 is 0.957 bits per heavy atom. The maximum absolute atomic E-state index is 6.44. The topological polar surface area (TPSA) is 9.23 Å². The van der Waals surface area contributed by atoms with Crippen LogP contribution < -0.4 is 0 Å². The summed E-state index contributed by atoms with van der Waals surface area (Å²) >= 11 is 0. The minimum Gasteiger partial charge on any atom is -0.368 e. The van der Waals surface area contributed by atoms with Crippen molar-refractivity contribution < 1.29 is 9.22 Å². The Morgan fingerprint density at radius 3 is 2.04 bits per heavy atom. The van der Waals surface area contributed by atoms with Crippen LogP contribution in [0.4, 0.5) is 0 Å². The lowest BCUT2D eigenvalue weighted by Gasteiger charge is -2.38. The number of ether oxygens (including phenoxy) is 1. The van der Waals surface area contributed by atoms with Gasteiger partial charge in [-0.1, -0.05) is 60.7 Å². The molecule has 0 amide bonds. The van der Waals surface area contributed by atoms with E-state index >= 15 is 0 Å². The summed E-state index contributed by atoms with van der Waals surface area (Å²) < 4.78 is 7.56. The van der Waals surface area contributed by atoms with Gasteiger partial charge in [-0.15, -0.1) is 0 Å². The molecule has 2 aromatic carbocycles. The van der Waals surface area contributed by atoms with Crippen LogP contribution in [0.25, 0.3) is 0 Å². The second-order valence-electron chi connectivity index (χ2n) is 7.38. The lowest BCUT2D eigenvalue weighted by molar-refractivity contribution is -0.898. The summed E-state index contributed by atoms with van der Waals surface area (Å²) in [5.74, 6) is 0.661. The summed E-state index contributed by atoms with van der Waals surface area (Å²) in [6.45, 7) is 3.35. The van der Waals surface area contributed by atoms with Crippen molar-refractivity contribution in [3.05, 3.63) is 71.8 Å². The Hall–Kier alpha value is -1.64. The van der Waals surface area contributed by atoms with Crippen molar-refractivity contribution in [3.8, 4) is 0 Å². The zero-order chi connectivity index (χ0) is 16.1. The predicted molar refractivity (Wildman–Crippen MR) is 95.2 cm³/mol. The van der Waals surface area contributed by atoms with Gasteiger partial charge in [0.15, 0.2) is 0 Å². The summed E-state index contributed by atoms with van der Waals surface area (Å²) in [6, 6.07) is 21.2. The standard InChI is InChI=1S/C21H28NO/c1-22(2)15-9-10-18(16-22)17-23-21(19-11-5-3-6-12-19)20-13-7-4-8-14-20/h3-8,11-14,18,21H,9-10,15-17H2,1-2H3/q+1. The van der Waals surface area contributed by atoms with E-state index in [1.165, 1.54) is 37.1 Å². The molecule has 1 fully saturated rings. The average Bonchev–Trinajstić information content (AvgIpc) is 2.56. The smallest absolute Gasteiger partial charge is 0.108 e. The Labute approximate surface area is 140 Å². The van der Waals surface area contributed by atoms with E-state index in [1.807, 2.05) is 0 Å². The molecule has 1 heterocycles. The van der Waals surface area contributed by atoms with E-state index in [4.69, 9.17) is 4.74 Å². The van der Waals surface area contributed by atoms with Crippen LogP contribution in [0.15, 0.2) is 60.7 Å². The number of hydrogen-bond acceptors (Lipinski definition) is 1. The minimum absolute atomic E-state index is 0.0370. The molecule has 2 nitrogen and oxygen atoms in total. The maximum Gasteiger partial charge on any atom is 0.108 e. The quantitative estimate of drug-likeness (QED) is 0.749. The fourth-order valence-corrected chi connectivity index (χ4v) is 3.70. The molecule has 23 heavy (non-hydrogen) atoms. The lowest BCUT2D eigenvalue weighted by atomic mass is 9.97. The van der Waals surface area contributed by atoms with Gasteiger partial charge < -0.3 is 9.22 Å². The van der Waals surface area contributed by atoms with Gasteiger partial charge in [-0.25, -0.2) is 0 Å². The van der Waals surface area contributed by atoms with Crippen LogP contribution in [-0.2, 0) is 4.74 Å². The van der Waals surface area contributed by atoms with E-state index in [0.717, 1.165) is 11.1 Å². The van der Waals surface area contributed by atoms with Crippen molar-refractivity contribution in [1.82, 2.24) is 0 Å². The first kappa shape index (κ1) is 16.2. The predicted octanol–water partition coefficient (Wildman–Crippen LogP) is 4.28. The summed E-state index contributed by atoms with van der Waals surface area (Å²) in [6.07, 6.45) is 2.63. The van der Waals surface area contributed by atoms with Gasteiger partial charge in [0.05, 0.1) is 33.8 Å². The van der Waals surface area contributed by atoms with Crippen LogP contribution in [0.2, 0.25) is 0 Å². The fraction of sp³-hybridized carbons (Fsp3) is 0.429. The number of piperidine rings is 1. The second kappa shape index (κ2) is 7.29. The maximum atomic E-state index is 6.44. The molecule has 3 rings (SSSR count). The molecule has 1 saturated heterocycles. The van der Waals surface area contributed by atoms with E-state index in [-0.39, 0.29) is 6.10 Å². The lowest BCUT2D eigenvalue weighted by Crippen LogP contribution is -2.48. The van der Waals surface area contributed by atoms with Gasteiger partial charge in [0.2, 0.25) is 0 Å². The van der Waals surface area contributed by atoms with Crippen molar-refractivity contribution in [3.63, 3.8) is 0 Å². The molecule has 0 bridgehead atoms. The van der Waals surface area contributed by atoms with Crippen LogP contribution in [0, 0.1) is 5.92 Å². The highest BCUT2D eigenvalue weighted by Gasteiger charge is 2.28. The van der Waals surface area contributed by atoms with Crippen molar-refractivity contribution in [2.75, 3.05) is 33.8 Å². The fourth-order valence-electron chi connectivity index (χ4n) is 3.70. The van der Waals surface area contributed by atoms with E-state index in [9.17, 15) is 0 Å². The summed E-state index contributed by atoms with van der Waals surface area (Å²) in [5.41, 5.74) is 2.48. The summed E-state index contributed by atoms with van der Waals surface area (Å²) in [7, 11) is 4.66. The molecule has 0 aliphatic carbocycles. The van der Waals surface area contributed by atoms with E-state index < -0.39 is 0 Å². The van der Waals surface area contributed by atoms with Crippen molar-refractivity contribution in [2.24, 2.45) is 5.92 Å². The number of nitrogens with zero attached hydrogens (tertiary/aromatic N) is 1. The largest absolute Gasteiger partial charge is 0.368 e. The van der Waals surface area contributed by atoms with Crippen LogP contribution in [0.5, 0.6) is 0 Å². The van der Waals surface area contributed by atoms with Crippen LogP contribution in [0.1, 0.15) is 30.1 Å². The number of hydrogen-bond donors (Lipinski definition) is 0. The van der Waals surface area contributed by atoms with Crippen LogP contribution in [-0.4, -0.2) is 38.3 Å². The Kier molecular flexibility index (Phi) is 5.14. The van der Waals surface area contributed by atoms with Gasteiger partial charge in [0.25, 0.3) is 0 Å². The van der Waals surface area contributed by atoms with Crippen molar-refractivity contribution in [1.29, 1.82) is 0 Å². The number of rotatable bonds is 5. The molecule has 1 unspecified atom stereocenters. The van der Waals surface area contributed by atoms with E-state index in [2.05, 4.69) is 74.8 Å². The van der Waals surface area contributed by atoms with Gasteiger partial charge in [-0.3, -0.25) is 0 Å². The second-order valence-corrected chi connectivity index (χ2v) is 7.38. The first-order chi connectivity index (χ1) is 11.1. The highest BCUT2D eigenvalue weighted by Crippen LogP contribution is 2.28. The average molecular weight is 310 g/mol. The van der Waals surface area contributed by atoms with Crippen molar-refractivity contribution >= 4 is 0 Å². The molecule has 2 heteroatoms. The zero-order valence-corrected chi connectivity index (χ0v) is 14.3. The normalized spacial score (nSPS) is 20.6. The first-order valence-corrected chi connectivity index (χ1v) is 8.67.